The van der Waals surface area contributed by atoms with Gasteiger partial charge in [0.2, 0.25) is 0 Å². The van der Waals surface area contributed by atoms with E-state index in [4.69, 9.17) is 0 Å². The molecule has 2 aromatic heterocycles. The number of aromatic nitrogens is 3. The molecule has 0 fully saturated rings. The van der Waals surface area contributed by atoms with Crippen molar-refractivity contribution in [3.63, 3.8) is 0 Å². The number of nitrogens with zero attached hydrogens (tertiary/aromatic N) is 2. The first-order chi connectivity index (χ1) is 7.36. The molecular formula is C11H14N4. The van der Waals surface area contributed by atoms with Gasteiger partial charge >= 0.3 is 0 Å². The van der Waals surface area contributed by atoms with Crippen LogP contribution in [0.15, 0.2) is 30.7 Å². The smallest absolute Gasteiger partial charge is 0.128 e. The average Bonchev–Trinajstić information content (AvgIpc) is 2.74. The molecule has 15 heavy (non-hydrogen) atoms. The molecular weight excluding hydrogens is 188 g/mol. The second-order valence-corrected chi connectivity index (χ2v) is 3.38. The number of anilines is 1. The summed E-state index contributed by atoms with van der Waals surface area (Å²) >= 11 is 0. The first-order valence-electron chi connectivity index (χ1n) is 5.00. The van der Waals surface area contributed by atoms with Crippen molar-refractivity contribution < 1.29 is 0 Å². The normalized spacial score (nSPS) is 10.2. The van der Waals surface area contributed by atoms with Crippen molar-refractivity contribution in [2.45, 2.75) is 13.3 Å². The fourth-order valence-corrected chi connectivity index (χ4v) is 1.40. The molecule has 78 valence electrons. The Morgan fingerprint density at radius 3 is 3.00 bits per heavy atom. The quantitative estimate of drug-likeness (QED) is 0.794. The lowest BCUT2D eigenvalue weighted by Crippen LogP contribution is -2.08. The molecule has 2 N–H and O–H groups in total. The Morgan fingerprint density at radius 1 is 1.33 bits per heavy atom. The van der Waals surface area contributed by atoms with Crippen LogP contribution in [0.25, 0.3) is 0 Å². The lowest BCUT2D eigenvalue weighted by Gasteiger charge is -2.06. The maximum absolute atomic E-state index is 4.26. The third-order valence-electron chi connectivity index (χ3n) is 2.22. The van der Waals surface area contributed by atoms with E-state index in [1.807, 2.05) is 25.3 Å². The first kappa shape index (κ1) is 9.71. The van der Waals surface area contributed by atoms with Crippen LogP contribution < -0.4 is 5.32 Å². The summed E-state index contributed by atoms with van der Waals surface area (Å²) in [5, 5.41) is 3.28. The SMILES string of the molecule is Cc1cccnc1NCCc1ncc[nH]1. The highest BCUT2D eigenvalue weighted by atomic mass is 15.0. The molecule has 0 aliphatic rings. The Kier molecular flexibility index (Phi) is 2.97. The number of hydrogen-bond acceptors (Lipinski definition) is 3. The van der Waals surface area contributed by atoms with E-state index >= 15 is 0 Å². The highest BCUT2D eigenvalue weighted by Crippen LogP contribution is 2.08. The molecule has 2 rings (SSSR count). The predicted molar refractivity (Wildman–Crippen MR) is 59.8 cm³/mol. The van der Waals surface area contributed by atoms with E-state index in [1.54, 1.807) is 12.4 Å². The topological polar surface area (TPSA) is 53.6 Å². The first-order valence-corrected chi connectivity index (χ1v) is 5.00. The summed E-state index contributed by atoms with van der Waals surface area (Å²) in [5.74, 6) is 1.94. The molecule has 0 unspecified atom stereocenters. The monoisotopic (exact) mass is 202 g/mol. The zero-order chi connectivity index (χ0) is 10.5. The van der Waals surface area contributed by atoms with E-state index in [1.165, 1.54) is 0 Å². The van der Waals surface area contributed by atoms with Crippen LogP contribution in [0.4, 0.5) is 5.82 Å². The molecule has 0 atom stereocenters. The number of hydrogen-bond donors (Lipinski definition) is 2. The lowest BCUT2D eigenvalue weighted by molar-refractivity contribution is 0.920. The van der Waals surface area contributed by atoms with E-state index in [2.05, 4.69) is 20.3 Å². The number of aryl methyl sites for hydroxylation is 1. The van der Waals surface area contributed by atoms with Gasteiger partial charge in [-0.3, -0.25) is 0 Å². The highest BCUT2D eigenvalue weighted by molar-refractivity contribution is 5.42. The van der Waals surface area contributed by atoms with Gasteiger partial charge in [-0.25, -0.2) is 9.97 Å². The van der Waals surface area contributed by atoms with Crippen molar-refractivity contribution in [2.24, 2.45) is 0 Å². The van der Waals surface area contributed by atoms with Gasteiger partial charge < -0.3 is 10.3 Å². The van der Waals surface area contributed by atoms with E-state index < -0.39 is 0 Å². The minimum atomic E-state index is 0.839. The fraction of sp³-hybridized carbons (Fsp3) is 0.273. The Labute approximate surface area is 88.8 Å². The van der Waals surface area contributed by atoms with Gasteiger partial charge in [-0.2, -0.15) is 0 Å². The molecule has 0 spiro atoms. The van der Waals surface area contributed by atoms with Crippen LogP contribution in [-0.2, 0) is 6.42 Å². The molecule has 0 aliphatic heterocycles. The molecule has 0 bridgehead atoms. The van der Waals surface area contributed by atoms with Crippen molar-refractivity contribution in [3.05, 3.63) is 42.1 Å². The van der Waals surface area contributed by atoms with Gasteiger partial charge in [-0.15, -0.1) is 0 Å². The molecule has 4 heteroatoms. The summed E-state index contributed by atoms with van der Waals surface area (Å²) in [7, 11) is 0. The van der Waals surface area contributed by atoms with Crippen LogP contribution in [-0.4, -0.2) is 21.5 Å². The molecule has 0 aliphatic carbocycles. The molecule has 4 nitrogen and oxygen atoms in total. The van der Waals surface area contributed by atoms with Crippen molar-refractivity contribution in [1.82, 2.24) is 15.0 Å². The Bertz CT molecular complexity index is 408. The van der Waals surface area contributed by atoms with Crippen LogP contribution in [0.5, 0.6) is 0 Å². The van der Waals surface area contributed by atoms with Crippen molar-refractivity contribution in [3.8, 4) is 0 Å². The van der Waals surface area contributed by atoms with E-state index in [-0.39, 0.29) is 0 Å². The van der Waals surface area contributed by atoms with E-state index in [0.717, 1.165) is 30.2 Å². The zero-order valence-corrected chi connectivity index (χ0v) is 8.70. The number of pyridine rings is 1. The van der Waals surface area contributed by atoms with E-state index in [9.17, 15) is 0 Å². The molecule has 0 aromatic carbocycles. The van der Waals surface area contributed by atoms with Crippen LogP contribution in [0.3, 0.4) is 0 Å². The van der Waals surface area contributed by atoms with Gasteiger partial charge in [-0.05, 0) is 18.6 Å². The van der Waals surface area contributed by atoms with Crippen molar-refractivity contribution in [1.29, 1.82) is 0 Å². The lowest BCUT2D eigenvalue weighted by atomic mass is 10.3. The van der Waals surface area contributed by atoms with Gasteiger partial charge in [0.05, 0.1) is 0 Å². The fourth-order valence-electron chi connectivity index (χ4n) is 1.40. The van der Waals surface area contributed by atoms with E-state index in [0.29, 0.717) is 0 Å². The van der Waals surface area contributed by atoms with Gasteiger partial charge in [0, 0.05) is 31.6 Å². The second kappa shape index (κ2) is 4.59. The number of rotatable bonds is 4. The minimum absolute atomic E-state index is 0.839. The highest BCUT2D eigenvalue weighted by Gasteiger charge is 1.98. The van der Waals surface area contributed by atoms with Crippen LogP contribution in [0.2, 0.25) is 0 Å². The largest absolute Gasteiger partial charge is 0.369 e. The van der Waals surface area contributed by atoms with Gasteiger partial charge in [0.15, 0.2) is 0 Å². The Balaban J connectivity index is 1.86. The molecule has 2 heterocycles. The molecule has 0 saturated carbocycles. The zero-order valence-electron chi connectivity index (χ0n) is 8.70. The maximum atomic E-state index is 4.26. The van der Waals surface area contributed by atoms with Crippen molar-refractivity contribution in [2.75, 3.05) is 11.9 Å². The van der Waals surface area contributed by atoms with Crippen LogP contribution in [0.1, 0.15) is 11.4 Å². The Hall–Kier alpha value is -1.84. The molecule has 2 aromatic rings. The number of H-pyrrole nitrogens is 1. The van der Waals surface area contributed by atoms with Crippen molar-refractivity contribution >= 4 is 5.82 Å². The van der Waals surface area contributed by atoms with Crippen LogP contribution >= 0.6 is 0 Å². The third-order valence-corrected chi connectivity index (χ3v) is 2.22. The number of imidazole rings is 1. The third kappa shape index (κ3) is 2.56. The van der Waals surface area contributed by atoms with Crippen LogP contribution in [0, 0.1) is 6.92 Å². The summed E-state index contributed by atoms with van der Waals surface area (Å²) in [6.45, 7) is 2.88. The maximum Gasteiger partial charge on any atom is 0.128 e. The second-order valence-electron chi connectivity index (χ2n) is 3.38. The summed E-state index contributed by atoms with van der Waals surface area (Å²) in [4.78, 5) is 11.5. The summed E-state index contributed by atoms with van der Waals surface area (Å²) in [6, 6.07) is 3.98. The average molecular weight is 202 g/mol. The summed E-state index contributed by atoms with van der Waals surface area (Å²) < 4.78 is 0. The van der Waals surface area contributed by atoms with Gasteiger partial charge in [-0.1, -0.05) is 6.07 Å². The standard InChI is InChI=1S/C11H14N4/c1-9-3-2-5-14-11(9)15-6-4-10-12-7-8-13-10/h2-3,5,7-8H,4,6H2,1H3,(H,12,13)(H,14,15). The van der Waals surface area contributed by atoms with Gasteiger partial charge in [0.1, 0.15) is 11.6 Å². The van der Waals surface area contributed by atoms with Gasteiger partial charge in [0.25, 0.3) is 0 Å². The number of nitrogens with one attached hydrogen (secondary N) is 2. The number of aromatic amines is 1. The molecule has 0 amide bonds. The predicted octanol–water partition coefficient (Wildman–Crippen LogP) is 1.77. The molecule has 0 saturated heterocycles. The molecule has 0 radical (unpaired) electrons. The summed E-state index contributed by atoms with van der Waals surface area (Å²) in [6.07, 6.45) is 6.27. The Morgan fingerprint density at radius 2 is 2.27 bits per heavy atom. The summed E-state index contributed by atoms with van der Waals surface area (Å²) in [5.41, 5.74) is 1.16. The minimum Gasteiger partial charge on any atom is -0.369 e.